The zero-order valence-electron chi connectivity index (χ0n) is 12.4. The third kappa shape index (κ3) is 2.78. The van der Waals surface area contributed by atoms with Crippen LogP contribution in [0.25, 0.3) is 10.9 Å². The van der Waals surface area contributed by atoms with E-state index in [9.17, 15) is 10.1 Å². The SMILES string of the molecule is Cc1ccc2cccc(C(=O)N[C@H](C#N)[C@H]3CCOC3)c2n1. The lowest BCUT2D eigenvalue weighted by molar-refractivity contribution is 0.0932. The van der Waals surface area contributed by atoms with Crippen molar-refractivity contribution in [1.29, 1.82) is 5.26 Å². The number of para-hydroxylation sites is 1. The molecule has 22 heavy (non-hydrogen) atoms. The number of nitriles is 1. The molecule has 0 bridgehead atoms. The van der Waals surface area contributed by atoms with Crippen LogP contribution < -0.4 is 5.32 Å². The number of rotatable bonds is 3. The molecule has 3 rings (SSSR count). The van der Waals surface area contributed by atoms with Gasteiger partial charge in [0.25, 0.3) is 5.91 Å². The van der Waals surface area contributed by atoms with Gasteiger partial charge in [-0.3, -0.25) is 9.78 Å². The van der Waals surface area contributed by atoms with Crippen LogP contribution in [-0.4, -0.2) is 30.1 Å². The molecule has 2 atom stereocenters. The van der Waals surface area contributed by atoms with Gasteiger partial charge >= 0.3 is 0 Å². The van der Waals surface area contributed by atoms with Crippen LogP contribution >= 0.6 is 0 Å². The Morgan fingerprint density at radius 3 is 3.05 bits per heavy atom. The van der Waals surface area contributed by atoms with E-state index >= 15 is 0 Å². The van der Waals surface area contributed by atoms with Crippen molar-refractivity contribution >= 4 is 16.8 Å². The highest BCUT2D eigenvalue weighted by Gasteiger charge is 2.27. The number of amides is 1. The van der Waals surface area contributed by atoms with Gasteiger partial charge in [-0.1, -0.05) is 18.2 Å². The predicted octanol–water partition coefficient (Wildman–Crippen LogP) is 2.20. The van der Waals surface area contributed by atoms with Crippen molar-refractivity contribution in [2.75, 3.05) is 13.2 Å². The number of aryl methyl sites for hydroxylation is 1. The van der Waals surface area contributed by atoms with E-state index < -0.39 is 6.04 Å². The second-order valence-corrected chi connectivity index (χ2v) is 5.53. The molecule has 112 valence electrons. The first kappa shape index (κ1) is 14.5. The molecule has 1 saturated heterocycles. The van der Waals surface area contributed by atoms with E-state index in [1.165, 1.54) is 0 Å². The molecule has 0 radical (unpaired) electrons. The smallest absolute Gasteiger partial charge is 0.254 e. The molecule has 0 unspecified atom stereocenters. The summed E-state index contributed by atoms with van der Waals surface area (Å²) in [5.74, 6) is -0.208. The van der Waals surface area contributed by atoms with Gasteiger partial charge in [-0.05, 0) is 25.5 Å². The van der Waals surface area contributed by atoms with Gasteiger partial charge in [0.15, 0.2) is 0 Å². The Morgan fingerprint density at radius 1 is 1.45 bits per heavy atom. The second-order valence-electron chi connectivity index (χ2n) is 5.53. The molecular formula is C17H17N3O2. The Morgan fingerprint density at radius 2 is 2.32 bits per heavy atom. The second kappa shape index (κ2) is 6.12. The van der Waals surface area contributed by atoms with Crippen LogP contribution in [0.4, 0.5) is 0 Å². The highest BCUT2D eigenvalue weighted by molar-refractivity contribution is 6.05. The summed E-state index contributed by atoms with van der Waals surface area (Å²) < 4.78 is 5.30. The lowest BCUT2D eigenvalue weighted by Crippen LogP contribution is -2.39. The third-order valence-corrected chi connectivity index (χ3v) is 3.97. The van der Waals surface area contributed by atoms with Gasteiger partial charge in [0.2, 0.25) is 0 Å². The summed E-state index contributed by atoms with van der Waals surface area (Å²) in [6, 6.07) is 11.0. The normalized spacial score (nSPS) is 18.8. The molecule has 2 heterocycles. The minimum Gasteiger partial charge on any atom is -0.381 e. The maximum atomic E-state index is 12.6. The lowest BCUT2D eigenvalue weighted by Gasteiger charge is -2.17. The first-order valence-corrected chi connectivity index (χ1v) is 7.33. The molecule has 5 heteroatoms. The van der Waals surface area contributed by atoms with Crippen molar-refractivity contribution in [1.82, 2.24) is 10.3 Å². The molecule has 1 fully saturated rings. The van der Waals surface area contributed by atoms with Crippen LogP contribution in [0.5, 0.6) is 0 Å². The molecular weight excluding hydrogens is 278 g/mol. The van der Waals surface area contributed by atoms with Crippen molar-refractivity contribution < 1.29 is 9.53 Å². The molecule has 1 aliphatic rings. The number of benzene rings is 1. The topological polar surface area (TPSA) is 75.0 Å². The molecule has 0 aliphatic carbocycles. The van der Waals surface area contributed by atoms with Crippen molar-refractivity contribution in [2.45, 2.75) is 19.4 Å². The van der Waals surface area contributed by atoms with Crippen molar-refractivity contribution in [2.24, 2.45) is 5.92 Å². The number of nitrogens with one attached hydrogen (secondary N) is 1. The van der Waals surface area contributed by atoms with Gasteiger partial charge in [0.1, 0.15) is 6.04 Å². The number of fused-ring (bicyclic) bond motifs is 1. The number of pyridine rings is 1. The molecule has 1 amide bonds. The summed E-state index contributed by atoms with van der Waals surface area (Å²) in [7, 11) is 0. The Balaban J connectivity index is 1.88. The number of carbonyl (C=O) groups is 1. The summed E-state index contributed by atoms with van der Waals surface area (Å²) in [4.78, 5) is 17.0. The molecule has 0 saturated carbocycles. The fourth-order valence-electron chi connectivity index (χ4n) is 2.72. The van der Waals surface area contributed by atoms with Gasteiger partial charge in [-0.2, -0.15) is 5.26 Å². The number of aromatic nitrogens is 1. The zero-order chi connectivity index (χ0) is 15.5. The van der Waals surface area contributed by atoms with E-state index in [1.807, 2.05) is 31.2 Å². The average Bonchev–Trinajstić information content (AvgIpc) is 3.06. The maximum Gasteiger partial charge on any atom is 0.254 e. The standard InChI is InChI=1S/C17H17N3O2/c1-11-5-6-12-3-2-4-14(16(12)19-11)17(21)20-15(9-18)13-7-8-22-10-13/h2-6,13,15H,7-8,10H2,1H3,(H,20,21)/t13-,15+/m0/s1. The van der Waals surface area contributed by atoms with E-state index in [0.717, 1.165) is 17.5 Å². The molecule has 1 N–H and O–H groups in total. The summed E-state index contributed by atoms with van der Waals surface area (Å²) in [6.07, 6.45) is 0.797. The molecule has 1 aliphatic heterocycles. The van der Waals surface area contributed by atoms with Crippen molar-refractivity contribution in [3.63, 3.8) is 0 Å². The predicted molar refractivity (Wildman–Crippen MR) is 82.3 cm³/mol. The molecule has 0 spiro atoms. The van der Waals surface area contributed by atoms with E-state index in [2.05, 4.69) is 16.4 Å². The first-order chi connectivity index (χ1) is 10.7. The van der Waals surface area contributed by atoms with Crippen molar-refractivity contribution in [3.05, 3.63) is 41.6 Å². The van der Waals surface area contributed by atoms with Gasteiger partial charge < -0.3 is 10.1 Å². The first-order valence-electron chi connectivity index (χ1n) is 7.33. The fourth-order valence-corrected chi connectivity index (χ4v) is 2.72. The summed E-state index contributed by atoms with van der Waals surface area (Å²) in [5, 5.41) is 13.0. The van der Waals surface area contributed by atoms with Crippen LogP contribution in [-0.2, 0) is 4.74 Å². The minimum atomic E-state index is -0.532. The maximum absolute atomic E-state index is 12.6. The average molecular weight is 295 g/mol. The monoisotopic (exact) mass is 295 g/mol. The molecule has 2 aromatic rings. The largest absolute Gasteiger partial charge is 0.381 e. The van der Waals surface area contributed by atoms with E-state index in [0.29, 0.717) is 24.3 Å². The van der Waals surface area contributed by atoms with Crippen molar-refractivity contribution in [3.8, 4) is 6.07 Å². The quantitative estimate of drug-likeness (QED) is 0.942. The Labute approximate surface area is 128 Å². The van der Waals surface area contributed by atoms with E-state index in [1.54, 1.807) is 6.07 Å². The zero-order valence-corrected chi connectivity index (χ0v) is 12.4. The third-order valence-electron chi connectivity index (χ3n) is 3.97. The van der Waals surface area contributed by atoms with Crippen LogP contribution in [0, 0.1) is 24.2 Å². The van der Waals surface area contributed by atoms with Gasteiger partial charge in [0.05, 0.1) is 23.8 Å². The fraction of sp³-hybridized carbons (Fsp3) is 0.353. The van der Waals surface area contributed by atoms with E-state index in [-0.39, 0.29) is 11.8 Å². The number of carbonyl (C=O) groups excluding carboxylic acids is 1. The lowest BCUT2D eigenvalue weighted by atomic mass is 9.99. The minimum absolute atomic E-state index is 0.0543. The summed E-state index contributed by atoms with van der Waals surface area (Å²) in [6.45, 7) is 3.06. The van der Waals surface area contributed by atoms with Crippen LogP contribution in [0.1, 0.15) is 22.5 Å². The Hall–Kier alpha value is -2.45. The highest BCUT2D eigenvalue weighted by Crippen LogP contribution is 2.20. The Bertz CT molecular complexity index is 745. The highest BCUT2D eigenvalue weighted by atomic mass is 16.5. The summed E-state index contributed by atoms with van der Waals surface area (Å²) in [5.41, 5.74) is 2.02. The Kier molecular flexibility index (Phi) is 4.03. The van der Waals surface area contributed by atoms with Gasteiger partial charge in [-0.15, -0.1) is 0 Å². The molecule has 1 aromatic heterocycles. The van der Waals surface area contributed by atoms with Crippen LogP contribution in [0.3, 0.4) is 0 Å². The van der Waals surface area contributed by atoms with Gasteiger partial charge in [-0.25, -0.2) is 0 Å². The molecule has 1 aromatic carbocycles. The summed E-state index contributed by atoms with van der Waals surface area (Å²) >= 11 is 0. The van der Waals surface area contributed by atoms with E-state index in [4.69, 9.17) is 4.74 Å². The number of ether oxygens (including phenoxy) is 1. The van der Waals surface area contributed by atoms with Crippen LogP contribution in [0.15, 0.2) is 30.3 Å². The number of hydrogen-bond acceptors (Lipinski definition) is 4. The number of nitrogens with zero attached hydrogens (tertiary/aromatic N) is 2. The van der Waals surface area contributed by atoms with Crippen LogP contribution in [0.2, 0.25) is 0 Å². The number of hydrogen-bond donors (Lipinski definition) is 1. The van der Waals surface area contributed by atoms with Gasteiger partial charge in [0, 0.05) is 23.6 Å². The molecule has 5 nitrogen and oxygen atoms in total.